The van der Waals surface area contributed by atoms with Crippen molar-refractivity contribution in [2.45, 2.75) is 34.6 Å². The van der Waals surface area contributed by atoms with Crippen LogP contribution in [0, 0.1) is 18.3 Å². The fourth-order valence-electron chi connectivity index (χ4n) is 2.66. The lowest BCUT2D eigenvalue weighted by Gasteiger charge is -2.32. The lowest BCUT2D eigenvalue weighted by atomic mass is 9.93. The number of anilines is 2. The van der Waals surface area contributed by atoms with E-state index in [9.17, 15) is 0 Å². The number of nitrogens with one attached hydrogen (secondary N) is 1. The van der Waals surface area contributed by atoms with Gasteiger partial charge in [-0.25, -0.2) is 0 Å². The van der Waals surface area contributed by atoms with Gasteiger partial charge in [0.2, 0.25) is 0 Å². The molecule has 0 atom stereocenters. The first kappa shape index (κ1) is 13.3. The first-order chi connectivity index (χ1) is 8.37. The van der Waals surface area contributed by atoms with Crippen molar-refractivity contribution < 1.29 is 0 Å². The predicted molar refractivity (Wildman–Crippen MR) is 80.5 cm³/mol. The van der Waals surface area contributed by atoms with Gasteiger partial charge >= 0.3 is 0 Å². The molecule has 0 spiro atoms. The third-order valence-electron chi connectivity index (χ3n) is 3.45. The Morgan fingerprint density at radius 3 is 2.72 bits per heavy atom. The molecule has 0 aromatic heterocycles. The minimum atomic E-state index is 0.307. The Bertz CT molecular complexity index is 421. The second kappa shape index (κ2) is 4.83. The maximum absolute atomic E-state index is 3.62. The zero-order valence-electron chi connectivity index (χ0n) is 12.4. The summed E-state index contributed by atoms with van der Waals surface area (Å²) in [6, 6.07) is 6.75. The quantitative estimate of drug-likeness (QED) is 0.851. The largest absolute Gasteiger partial charge is 0.383 e. The topological polar surface area (TPSA) is 15.3 Å². The molecule has 1 aliphatic rings. The van der Waals surface area contributed by atoms with Crippen molar-refractivity contribution in [3.63, 3.8) is 0 Å². The van der Waals surface area contributed by atoms with Crippen LogP contribution in [0.2, 0.25) is 0 Å². The number of hydrogen-bond acceptors (Lipinski definition) is 2. The summed E-state index contributed by atoms with van der Waals surface area (Å²) in [5.74, 6) is 0.688. The molecule has 0 fully saturated rings. The van der Waals surface area contributed by atoms with Gasteiger partial charge in [-0.15, -0.1) is 0 Å². The normalized spacial score (nSPS) is 18.2. The second-order valence-electron chi connectivity index (χ2n) is 6.81. The van der Waals surface area contributed by atoms with Gasteiger partial charge in [-0.3, -0.25) is 0 Å². The van der Waals surface area contributed by atoms with Gasteiger partial charge in [0.25, 0.3) is 0 Å². The van der Waals surface area contributed by atoms with E-state index in [-0.39, 0.29) is 0 Å². The molecule has 1 aliphatic heterocycles. The Labute approximate surface area is 111 Å². The molecule has 0 saturated heterocycles. The molecule has 0 amide bonds. The summed E-state index contributed by atoms with van der Waals surface area (Å²) < 4.78 is 0. The minimum Gasteiger partial charge on any atom is -0.383 e. The van der Waals surface area contributed by atoms with E-state index >= 15 is 0 Å². The first-order valence-corrected chi connectivity index (χ1v) is 6.97. The van der Waals surface area contributed by atoms with Crippen LogP contribution in [0.25, 0.3) is 0 Å². The Morgan fingerprint density at radius 1 is 1.33 bits per heavy atom. The van der Waals surface area contributed by atoms with E-state index in [2.05, 4.69) is 63.0 Å². The van der Waals surface area contributed by atoms with Crippen LogP contribution in [-0.2, 0) is 0 Å². The van der Waals surface area contributed by atoms with Crippen LogP contribution in [-0.4, -0.2) is 19.6 Å². The van der Waals surface area contributed by atoms with Crippen molar-refractivity contribution in [3.8, 4) is 0 Å². The third-order valence-corrected chi connectivity index (χ3v) is 3.45. The Balaban J connectivity index is 2.36. The summed E-state index contributed by atoms with van der Waals surface area (Å²) >= 11 is 0. The highest BCUT2D eigenvalue weighted by Crippen LogP contribution is 2.34. The average Bonchev–Trinajstić information content (AvgIpc) is 2.35. The smallest absolute Gasteiger partial charge is 0.0602 e. The Morgan fingerprint density at radius 2 is 2.06 bits per heavy atom. The van der Waals surface area contributed by atoms with Gasteiger partial charge in [0.05, 0.1) is 11.4 Å². The Hall–Kier alpha value is -1.18. The summed E-state index contributed by atoms with van der Waals surface area (Å²) in [5, 5.41) is 3.62. The molecule has 1 aromatic rings. The summed E-state index contributed by atoms with van der Waals surface area (Å²) in [4.78, 5) is 2.54. The number of aryl methyl sites for hydroxylation is 1. The van der Waals surface area contributed by atoms with Crippen LogP contribution in [0.4, 0.5) is 11.4 Å². The van der Waals surface area contributed by atoms with E-state index in [1.807, 2.05) is 0 Å². The number of nitrogens with zero attached hydrogens (tertiary/aromatic N) is 1. The van der Waals surface area contributed by atoms with Crippen LogP contribution >= 0.6 is 0 Å². The van der Waals surface area contributed by atoms with E-state index in [1.54, 1.807) is 0 Å². The predicted octanol–water partition coefficient (Wildman–Crippen LogP) is 3.91. The maximum atomic E-state index is 3.62. The maximum Gasteiger partial charge on any atom is 0.0602 e. The molecule has 2 rings (SSSR count). The van der Waals surface area contributed by atoms with Crippen molar-refractivity contribution in [3.05, 3.63) is 23.8 Å². The minimum absolute atomic E-state index is 0.307. The molecule has 18 heavy (non-hydrogen) atoms. The molecule has 0 unspecified atom stereocenters. The highest BCUT2D eigenvalue weighted by Gasteiger charge is 2.27. The summed E-state index contributed by atoms with van der Waals surface area (Å²) in [6.07, 6.45) is 0. The molecule has 1 aromatic carbocycles. The van der Waals surface area contributed by atoms with E-state index in [0.717, 1.165) is 19.6 Å². The van der Waals surface area contributed by atoms with Crippen molar-refractivity contribution in [2.75, 3.05) is 29.9 Å². The van der Waals surface area contributed by atoms with Crippen LogP contribution < -0.4 is 10.2 Å². The van der Waals surface area contributed by atoms with E-state index in [0.29, 0.717) is 11.3 Å². The van der Waals surface area contributed by atoms with Crippen LogP contribution in [0.15, 0.2) is 18.2 Å². The standard InChI is InChI=1S/C16H26N2/c1-12(2)9-18-11-16(4,5)10-17-14-8-13(3)6-7-15(14)18/h6-8,12,17H,9-11H2,1-5H3. The molecule has 100 valence electrons. The number of fused-ring (bicyclic) bond motifs is 1. The van der Waals surface area contributed by atoms with E-state index < -0.39 is 0 Å². The van der Waals surface area contributed by atoms with Crippen molar-refractivity contribution >= 4 is 11.4 Å². The molecule has 2 heteroatoms. The fraction of sp³-hybridized carbons (Fsp3) is 0.625. The van der Waals surface area contributed by atoms with Crippen molar-refractivity contribution in [1.29, 1.82) is 0 Å². The summed E-state index contributed by atoms with van der Waals surface area (Å²) in [7, 11) is 0. The van der Waals surface area contributed by atoms with Crippen LogP contribution in [0.1, 0.15) is 33.3 Å². The van der Waals surface area contributed by atoms with Crippen LogP contribution in [0.5, 0.6) is 0 Å². The van der Waals surface area contributed by atoms with Gasteiger partial charge in [-0.2, -0.15) is 0 Å². The molecular formula is C16H26N2. The molecule has 2 nitrogen and oxygen atoms in total. The SMILES string of the molecule is Cc1ccc2c(c1)NCC(C)(C)CN2CC(C)C. The van der Waals surface area contributed by atoms with Gasteiger partial charge < -0.3 is 10.2 Å². The summed E-state index contributed by atoms with van der Waals surface area (Å²) in [5.41, 5.74) is 4.29. The lowest BCUT2D eigenvalue weighted by Crippen LogP contribution is -2.37. The zero-order valence-corrected chi connectivity index (χ0v) is 12.4. The van der Waals surface area contributed by atoms with Crippen molar-refractivity contribution in [1.82, 2.24) is 0 Å². The van der Waals surface area contributed by atoms with E-state index in [4.69, 9.17) is 0 Å². The third kappa shape index (κ3) is 2.98. The first-order valence-electron chi connectivity index (χ1n) is 6.97. The van der Waals surface area contributed by atoms with Gasteiger partial charge in [0.1, 0.15) is 0 Å². The molecule has 1 N–H and O–H groups in total. The highest BCUT2D eigenvalue weighted by atomic mass is 15.2. The van der Waals surface area contributed by atoms with E-state index in [1.165, 1.54) is 16.9 Å². The monoisotopic (exact) mass is 246 g/mol. The molecule has 0 radical (unpaired) electrons. The van der Waals surface area contributed by atoms with Gasteiger partial charge in [0.15, 0.2) is 0 Å². The molecular weight excluding hydrogens is 220 g/mol. The zero-order chi connectivity index (χ0) is 13.3. The molecule has 0 aliphatic carbocycles. The lowest BCUT2D eigenvalue weighted by molar-refractivity contribution is 0.387. The van der Waals surface area contributed by atoms with Gasteiger partial charge in [0, 0.05) is 19.6 Å². The highest BCUT2D eigenvalue weighted by molar-refractivity contribution is 5.72. The Kier molecular flexibility index (Phi) is 3.56. The second-order valence-corrected chi connectivity index (χ2v) is 6.81. The number of benzene rings is 1. The number of hydrogen-bond donors (Lipinski definition) is 1. The fourth-order valence-corrected chi connectivity index (χ4v) is 2.66. The molecule has 0 saturated carbocycles. The van der Waals surface area contributed by atoms with Gasteiger partial charge in [-0.1, -0.05) is 33.8 Å². The van der Waals surface area contributed by atoms with Gasteiger partial charge in [-0.05, 0) is 36.0 Å². The molecule has 0 bridgehead atoms. The number of rotatable bonds is 2. The van der Waals surface area contributed by atoms with Crippen LogP contribution in [0.3, 0.4) is 0 Å². The molecule has 1 heterocycles. The van der Waals surface area contributed by atoms with Crippen molar-refractivity contribution in [2.24, 2.45) is 11.3 Å². The average molecular weight is 246 g/mol. The summed E-state index contributed by atoms with van der Waals surface area (Å²) in [6.45, 7) is 14.7.